The number of nitrogens with zero attached hydrogens (tertiary/aromatic N) is 2. The first-order valence-corrected chi connectivity index (χ1v) is 5.50. The average Bonchev–Trinajstić information content (AvgIpc) is 2.27. The lowest BCUT2D eigenvalue weighted by Gasteiger charge is -2.29. The van der Waals surface area contributed by atoms with Crippen LogP contribution in [-0.2, 0) is 0 Å². The number of aromatic nitrogens is 1. The van der Waals surface area contributed by atoms with E-state index in [1.807, 2.05) is 0 Å². The van der Waals surface area contributed by atoms with Crippen molar-refractivity contribution in [2.24, 2.45) is 0 Å². The Morgan fingerprint density at radius 3 is 2.53 bits per heavy atom. The molecule has 0 fully saturated rings. The van der Waals surface area contributed by atoms with Crippen LogP contribution in [0.3, 0.4) is 0 Å². The molecule has 1 heterocycles. The van der Waals surface area contributed by atoms with Gasteiger partial charge in [-0.3, -0.25) is 10.1 Å². The summed E-state index contributed by atoms with van der Waals surface area (Å²) in [6.07, 6.45) is -0.817. The zero-order valence-electron chi connectivity index (χ0n) is 10.7. The van der Waals surface area contributed by atoms with Crippen molar-refractivity contribution in [3.63, 3.8) is 0 Å². The van der Waals surface area contributed by atoms with E-state index in [1.165, 1.54) is 6.92 Å². The number of rotatable bonds is 5. The van der Waals surface area contributed by atoms with Crippen molar-refractivity contribution in [3.8, 4) is 0 Å². The summed E-state index contributed by atoms with van der Waals surface area (Å²) < 4.78 is 0. The third-order valence-corrected chi connectivity index (χ3v) is 2.77. The largest absolute Gasteiger partial charge is 0.477 e. The molecule has 3 N–H and O–H groups in total. The van der Waals surface area contributed by atoms with Crippen molar-refractivity contribution in [3.05, 3.63) is 27.9 Å². The molecule has 1 atom stereocenters. The number of anilines is 1. The second kappa shape index (κ2) is 5.19. The molecule has 0 aliphatic carbocycles. The van der Waals surface area contributed by atoms with E-state index in [0.717, 1.165) is 12.1 Å². The molecule has 1 unspecified atom stereocenters. The van der Waals surface area contributed by atoms with Crippen LogP contribution in [0.1, 0.15) is 31.3 Å². The quantitative estimate of drug-likeness (QED) is 0.542. The maximum atomic E-state index is 10.9. The van der Waals surface area contributed by atoms with Gasteiger partial charge in [0.05, 0.1) is 16.6 Å². The third-order valence-electron chi connectivity index (χ3n) is 2.77. The van der Waals surface area contributed by atoms with E-state index in [2.05, 4.69) is 10.3 Å². The molecular weight excluding hydrogens is 254 g/mol. The van der Waals surface area contributed by atoms with Crippen molar-refractivity contribution in [2.45, 2.75) is 32.4 Å². The van der Waals surface area contributed by atoms with Gasteiger partial charge in [0.25, 0.3) is 0 Å². The smallest absolute Gasteiger partial charge is 0.354 e. The third kappa shape index (κ3) is 3.38. The lowest BCUT2D eigenvalue weighted by molar-refractivity contribution is -0.384. The molecule has 0 radical (unpaired) electrons. The summed E-state index contributed by atoms with van der Waals surface area (Å²) in [6, 6.07) is 2.12. The normalized spacial score (nSPS) is 12.8. The Kier molecular flexibility index (Phi) is 4.05. The lowest BCUT2D eigenvalue weighted by atomic mass is 9.99. The van der Waals surface area contributed by atoms with Gasteiger partial charge in [-0.1, -0.05) is 0 Å². The molecule has 1 aromatic heterocycles. The molecule has 104 valence electrons. The number of carboxylic acids is 1. The maximum absolute atomic E-state index is 10.9. The van der Waals surface area contributed by atoms with Crippen LogP contribution in [0.25, 0.3) is 0 Å². The fourth-order valence-corrected chi connectivity index (χ4v) is 1.22. The molecule has 0 bridgehead atoms. The minimum Gasteiger partial charge on any atom is -0.477 e. The van der Waals surface area contributed by atoms with Gasteiger partial charge in [-0.05, 0) is 26.8 Å². The van der Waals surface area contributed by atoms with Crippen molar-refractivity contribution in [2.75, 3.05) is 5.32 Å². The maximum Gasteiger partial charge on any atom is 0.354 e. The Labute approximate surface area is 109 Å². The highest BCUT2D eigenvalue weighted by atomic mass is 16.6. The van der Waals surface area contributed by atoms with Crippen LogP contribution in [0.2, 0.25) is 0 Å². The summed E-state index contributed by atoms with van der Waals surface area (Å²) in [5, 5.41) is 32.0. The lowest BCUT2D eigenvalue weighted by Crippen LogP contribution is -2.42. The Hall–Kier alpha value is -2.22. The van der Waals surface area contributed by atoms with Crippen molar-refractivity contribution in [1.82, 2.24) is 4.98 Å². The van der Waals surface area contributed by atoms with Gasteiger partial charge < -0.3 is 15.5 Å². The van der Waals surface area contributed by atoms with Gasteiger partial charge >= 0.3 is 11.7 Å². The number of carbonyl (C=O) groups is 1. The number of aromatic carboxylic acids is 1. The molecule has 19 heavy (non-hydrogen) atoms. The molecule has 0 aromatic carbocycles. The molecule has 0 saturated carbocycles. The predicted molar refractivity (Wildman–Crippen MR) is 67.2 cm³/mol. The van der Waals surface area contributed by atoms with Crippen LogP contribution >= 0.6 is 0 Å². The van der Waals surface area contributed by atoms with Crippen molar-refractivity contribution >= 4 is 17.5 Å². The summed E-state index contributed by atoms with van der Waals surface area (Å²) >= 11 is 0. The fraction of sp³-hybridized carbons (Fsp3) is 0.455. The molecule has 0 spiro atoms. The zero-order chi connectivity index (χ0) is 14.8. The van der Waals surface area contributed by atoms with E-state index < -0.39 is 22.5 Å². The Balaban J connectivity index is 3.26. The first kappa shape index (κ1) is 14.8. The van der Waals surface area contributed by atoms with Crippen LogP contribution < -0.4 is 5.32 Å². The second-order valence-electron chi connectivity index (χ2n) is 4.65. The summed E-state index contributed by atoms with van der Waals surface area (Å²) in [5.41, 5.74) is -1.55. The van der Waals surface area contributed by atoms with Gasteiger partial charge in [0.15, 0.2) is 5.69 Å². The zero-order valence-corrected chi connectivity index (χ0v) is 10.7. The Bertz CT molecular complexity index is 513. The number of hydrogen-bond donors (Lipinski definition) is 3. The standard InChI is InChI=1S/C11H15N3O5/c1-6(15)11(2,3)13-9-8(14(18)19)5-4-7(12-9)10(16)17/h4-6,15H,1-3H3,(H,12,13)(H,16,17). The Morgan fingerprint density at radius 2 is 2.11 bits per heavy atom. The molecule has 1 aromatic rings. The SMILES string of the molecule is CC(O)C(C)(C)Nc1nc(C(=O)O)ccc1[N+](=O)[O-]. The van der Waals surface area contributed by atoms with Crippen LogP contribution in [-0.4, -0.2) is 37.7 Å². The molecule has 8 heteroatoms. The second-order valence-corrected chi connectivity index (χ2v) is 4.65. The van der Waals surface area contributed by atoms with Crippen molar-refractivity contribution < 1.29 is 19.9 Å². The van der Waals surface area contributed by atoms with Gasteiger partial charge in [-0.2, -0.15) is 0 Å². The molecule has 8 nitrogen and oxygen atoms in total. The minimum absolute atomic E-state index is 0.184. The van der Waals surface area contributed by atoms with E-state index in [9.17, 15) is 20.0 Å². The first-order valence-electron chi connectivity index (χ1n) is 5.50. The van der Waals surface area contributed by atoms with Gasteiger partial charge in [-0.15, -0.1) is 0 Å². The topological polar surface area (TPSA) is 126 Å². The predicted octanol–water partition coefficient (Wildman–Crippen LogP) is 1.26. The van der Waals surface area contributed by atoms with E-state index in [0.29, 0.717) is 0 Å². The van der Waals surface area contributed by atoms with Crippen LogP contribution in [0, 0.1) is 10.1 Å². The van der Waals surface area contributed by atoms with Gasteiger partial charge in [0.2, 0.25) is 5.82 Å². The molecule has 0 saturated heterocycles. The fourth-order valence-electron chi connectivity index (χ4n) is 1.22. The van der Waals surface area contributed by atoms with E-state index >= 15 is 0 Å². The van der Waals surface area contributed by atoms with Gasteiger partial charge in [0, 0.05) is 6.07 Å². The van der Waals surface area contributed by atoms with Crippen LogP contribution in [0.5, 0.6) is 0 Å². The molecule has 0 aliphatic heterocycles. The Morgan fingerprint density at radius 1 is 1.53 bits per heavy atom. The summed E-state index contributed by atoms with van der Waals surface area (Å²) in [6.45, 7) is 4.76. The van der Waals surface area contributed by atoms with Crippen LogP contribution in [0.4, 0.5) is 11.5 Å². The van der Waals surface area contributed by atoms with Crippen molar-refractivity contribution in [1.29, 1.82) is 0 Å². The average molecular weight is 269 g/mol. The molecule has 0 amide bonds. The number of pyridine rings is 1. The first-order chi connectivity index (χ1) is 8.65. The highest BCUT2D eigenvalue weighted by Crippen LogP contribution is 2.26. The molecular formula is C11H15N3O5. The number of carboxylic acid groups (broad SMARTS) is 1. The number of aliphatic hydroxyl groups is 1. The monoisotopic (exact) mass is 269 g/mol. The summed E-state index contributed by atoms with van der Waals surface area (Å²) in [7, 11) is 0. The number of nitrogens with one attached hydrogen (secondary N) is 1. The van der Waals surface area contributed by atoms with E-state index in [4.69, 9.17) is 5.11 Å². The highest BCUT2D eigenvalue weighted by molar-refractivity contribution is 5.86. The summed E-state index contributed by atoms with van der Waals surface area (Å²) in [4.78, 5) is 24.7. The van der Waals surface area contributed by atoms with Gasteiger partial charge in [0.1, 0.15) is 0 Å². The molecule has 0 aliphatic rings. The van der Waals surface area contributed by atoms with Gasteiger partial charge in [-0.25, -0.2) is 9.78 Å². The summed E-state index contributed by atoms with van der Waals surface area (Å²) in [5.74, 6) is -1.47. The highest BCUT2D eigenvalue weighted by Gasteiger charge is 2.28. The minimum atomic E-state index is -1.28. The van der Waals surface area contributed by atoms with E-state index in [-0.39, 0.29) is 17.2 Å². The molecule has 1 rings (SSSR count). The van der Waals surface area contributed by atoms with Crippen LogP contribution in [0.15, 0.2) is 12.1 Å². The number of nitro groups is 1. The van der Waals surface area contributed by atoms with E-state index in [1.54, 1.807) is 13.8 Å². The number of hydrogen-bond acceptors (Lipinski definition) is 6. The number of aliphatic hydroxyl groups excluding tert-OH is 1.